The first kappa shape index (κ1) is 21.6. The van der Waals surface area contributed by atoms with Gasteiger partial charge >= 0.3 is 0 Å². The molecule has 2 amide bonds. The first-order valence-electron chi connectivity index (χ1n) is 9.27. The number of aromatic nitrogens is 3. The Balaban J connectivity index is 2.28. The number of hydrogen-bond acceptors (Lipinski definition) is 7. The van der Waals surface area contributed by atoms with Crippen molar-refractivity contribution in [2.24, 2.45) is 17.2 Å². The highest BCUT2D eigenvalue weighted by Gasteiger charge is 2.32. The molecule has 1 aromatic heterocycles. The van der Waals surface area contributed by atoms with E-state index in [-0.39, 0.29) is 24.3 Å². The molecule has 152 valence electrons. The van der Waals surface area contributed by atoms with Crippen LogP contribution in [0.1, 0.15) is 45.6 Å². The maximum Gasteiger partial charge on any atom is 0.267 e. The number of hydrogen-bond donors (Lipinski definition) is 2. The van der Waals surface area contributed by atoms with Crippen LogP contribution in [0.25, 0.3) is 11.0 Å². The highest BCUT2D eigenvalue weighted by atomic mass is 16.5. The summed E-state index contributed by atoms with van der Waals surface area (Å²) < 4.78 is 0. The number of nitrogens with zero attached hydrogens (tertiary/aromatic N) is 5. The summed E-state index contributed by atoms with van der Waals surface area (Å²) in [6.07, 6.45) is 2.55. The van der Waals surface area contributed by atoms with Crippen molar-refractivity contribution >= 4 is 29.3 Å². The fourth-order valence-corrected chi connectivity index (χ4v) is 3.38. The van der Waals surface area contributed by atoms with Gasteiger partial charge in [-0.2, -0.15) is 0 Å². The van der Waals surface area contributed by atoms with Crippen molar-refractivity contribution in [3.63, 3.8) is 0 Å². The second-order valence-corrected chi connectivity index (χ2v) is 7.85. The van der Waals surface area contributed by atoms with E-state index in [1.807, 2.05) is 32.9 Å². The molecule has 9 heteroatoms. The Morgan fingerprint density at radius 1 is 1.32 bits per heavy atom. The molecular formula is C19H28N6O3. The lowest BCUT2D eigenvalue weighted by molar-refractivity contribution is -0.155. The lowest BCUT2D eigenvalue weighted by atomic mass is 9.79. The minimum Gasteiger partial charge on any atom is -0.286 e. The topological polar surface area (TPSA) is 126 Å². The zero-order valence-electron chi connectivity index (χ0n) is 16.8. The monoisotopic (exact) mass is 388 g/mol. The molecule has 0 radical (unpaired) electrons. The third-order valence-corrected chi connectivity index (χ3v) is 4.66. The minimum atomic E-state index is -0.709. The Bertz CT molecular complexity index is 842. The van der Waals surface area contributed by atoms with Gasteiger partial charge in [-0.05, 0) is 42.9 Å². The zero-order chi connectivity index (χ0) is 20.9. The van der Waals surface area contributed by atoms with Gasteiger partial charge in [-0.15, -0.1) is 10.2 Å². The number of anilines is 1. The molecule has 1 aromatic carbocycles. The van der Waals surface area contributed by atoms with E-state index in [0.29, 0.717) is 22.5 Å². The largest absolute Gasteiger partial charge is 0.286 e. The maximum atomic E-state index is 13.0. The van der Waals surface area contributed by atoms with Crippen LogP contribution in [-0.4, -0.2) is 44.3 Å². The molecule has 2 aromatic rings. The number of hydrazine groups is 1. The average molecular weight is 388 g/mol. The Kier molecular flexibility index (Phi) is 6.98. The SMILES string of the molecule is CCCC(C)(C)C[C@H](CN(O)C=O)C(=O)N(N)c1nnc2cc(C)ccc2n1. The highest BCUT2D eigenvalue weighted by molar-refractivity contribution is 5.93. The molecular weight excluding hydrogens is 360 g/mol. The summed E-state index contributed by atoms with van der Waals surface area (Å²) in [5.41, 5.74) is 2.03. The summed E-state index contributed by atoms with van der Waals surface area (Å²) in [7, 11) is 0. The molecule has 0 aliphatic rings. The fourth-order valence-electron chi connectivity index (χ4n) is 3.38. The Morgan fingerprint density at radius 3 is 2.68 bits per heavy atom. The summed E-state index contributed by atoms with van der Waals surface area (Å²) in [5.74, 6) is 4.77. The van der Waals surface area contributed by atoms with E-state index in [1.54, 1.807) is 6.07 Å². The molecule has 3 N–H and O–H groups in total. The number of benzene rings is 1. The predicted molar refractivity (Wildman–Crippen MR) is 105 cm³/mol. The van der Waals surface area contributed by atoms with E-state index in [0.717, 1.165) is 23.4 Å². The fraction of sp³-hybridized carbons (Fsp3) is 0.526. The van der Waals surface area contributed by atoms with E-state index in [2.05, 4.69) is 22.1 Å². The summed E-state index contributed by atoms with van der Waals surface area (Å²) in [5, 5.41) is 19.0. The van der Waals surface area contributed by atoms with Gasteiger partial charge in [0.05, 0.1) is 18.0 Å². The normalized spacial score (nSPS) is 12.6. The molecule has 9 nitrogen and oxygen atoms in total. The Hall–Kier alpha value is -2.65. The lowest BCUT2D eigenvalue weighted by Gasteiger charge is -2.31. The lowest BCUT2D eigenvalue weighted by Crippen LogP contribution is -2.47. The number of hydroxylamine groups is 2. The van der Waals surface area contributed by atoms with E-state index in [9.17, 15) is 14.8 Å². The Labute approximate surface area is 164 Å². The molecule has 0 saturated heterocycles. The van der Waals surface area contributed by atoms with Crippen LogP contribution in [0.15, 0.2) is 18.2 Å². The number of fused-ring (bicyclic) bond motifs is 1. The van der Waals surface area contributed by atoms with Crippen molar-refractivity contribution in [2.75, 3.05) is 11.6 Å². The van der Waals surface area contributed by atoms with Crippen LogP contribution >= 0.6 is 0 Å². The summed E-state index contributed by atoms with van der Waals surface area (Å²) in [6, 6.07) is 5.50. The van der Waals surface area contributed by atoms with Crippen LogP contribution < -0.4 is 10.9 Å². The van der Waals surface area contributed by atoms with Crippen molar-refractivity contribution in [3.05, 3.63) is 23.8 Å². The average Bonchev–Trinajstić information content (AvgIpc) is 2.65. The van der Waals surface area contributed by atoms with E-state index in [1.165, 1.54) is 0 Å². The highest BCUT2D eigenvalue weighted by Crippen LogP contribution is 2.32. The molecule has 1 heterocycles. The molecule has 0 unspecified atom stereocenters. The molecule has 0 aliphatic heterocycles. The van der Waals surface area contributed by atoms with Gasteiger partial charge in [0.25, 0.3) is 5.95 Å². The van der Waals surface area contributed by atoms with Crippen LogP contribution in [0, 0.1) is 18.3 Å². The van der Waals surface area contributed by atoms with Crippen LogP contribution in [0.4, 0.5) is 5.95 Å². The molecule has 0 aliphatic carbocycles. The van der Waals surface area contributed by atoms with Gasteiger partial charge in [0.2, 0.25) is 12.3 Å². The van der Waals surface area contributed by atoms with Crippen LogP contribution in [-0.2, 0) is 9.59 Å². The number of rotatable bonds is 9. The van der Waals surface area contributed by atoms with Gasteiger partial charge in [0.15, 0.2) is 0 Å². The quantitative estimate of drug-likeness (QED) is 0.222. The smallest absolute Gasteiger partial charge is 0.267 e. The van der Waals surface area contributed by atoms with Gasteiger partial charge in [-0.3, -0.25) is 14.8 Å². The van der Waals surface area contributed by atoms with Crippen LogP contribution in [0.3, 0.4) is 0 Å². The predicted octanol–water partition coefficient (Wildman–Crippen LogP) is 2.22. The number of aryl methyl sites for hydroxylation is 1. The molecule has 0 bridgehead atoms. The second kappa shape index (κ2) is 9.03. The maximum absolute atomic E-state index is 13.0. The first-order chi connectivity index (χ1) is 13.2. The molecule has 2 rings (SSSR count). The second-order valence-electron chi connectivity index (χ2n) is 7.85. The van der Waals surface area contributed by atoms with Gasteiger partial charge in [0.1, 0.15) is 5.52 Å². The zero-order valence-corrected chi connectivity index (χ0v) is 16.8. The first-order valence-corrected chi connectivity index (χ1v) is 9.27. The van der Waals surface area contributed by atoms with E-state index < -0.39 is 11.8 Å². The Morgan fingerprint density at radius 2 is 2.04 bits per heavy atom. The van der Waals surface area contributed by atoms with Crippen LogP contribution in [0.5, 0.6) is 0 Å². The third-order valence-electron chi connectivity index (χ3n) is 4.66. The van der Waals surface area contributed by atoms with Crippen molar-refractivity contribution in [1.82, 2.24) is 20.2 Å². The van der Waals surface area contributed by atoms with E-state index in [4.69, 9.17) is 5.84 Å². The number of amides is 2. The number of nitrogens with two attached hydrogens (primary N) is 1. The number of carbonyl (C=O) groups excluding carboxylic acids is 2. The molecule has 0 spiro atoms. The standard InChI is InChI=1S/C19H28N6O3/c1-5-8-19(3,4)10-14(11-24(28)12-26)17(27)25(20)18-21-15-7-6-13(2)9-16(15)22-23-18/h6-7,9,12,14,28H,5,8,10-11,20H2,1-4H3/t14-/m1/s1. The summed E-state index contributed by atoms with van der Waals surface area (Å²) >= 11 is 0. The minimum absolute atomic E-state index is 0.0322. The van der Waals surface area contributed by atoms with Gasteiger partial charge in [0, 0.05) is 0 Å². The molecule has 0 saturated carbocycles. The van der Waals surface area contributed by atoms with Gasteiger partial charge in [-0.25, -0.2) is 20.9 Å². The van der Waals surface area contributed by atoms with Crippen molar-refractivity contribution in [2.45, 2.75) is 47.0 Å². The number of carbonyl (C=O) groups is 2. The summed E-state index contributed by atoms with van der Waals surface area (Å²) in [6.45, 7) is 7.91. The van der Waals surface area contributed by atoms with Crippen molar-refractivity contribution < 1.29 is 14.8 Å². The summed E-state index contributed by atoms with van der Waals surface area (Å²) in [4.78, 5) is 28.2. The van der Waals surface area contributed by atoms with E-state index >= 15 is 0 Å². The third kappa shape index (κ3) is 5.43. The van der Waals surface area contributed by atoms with Gasteiger partial charge < -0.3 is 0 Å². The van der Waals surface area contributed by atoms with Crippen LogP contribution in [0.2, 0.25) is 0 Å². The van der Waals surface area contributed by atoms with Crippen molar-refractivity contribution in [1.29, 1.82) is 0 Å². The van der Waals surface area contributed by atoms with Crippen molar-refractivity contribution in [3.8, 4) is 0 Å². The molecule has 1 atom stereocenters. The molecule has 0 fully saturated rings. The van der Waals surface area contributed by atoms with Gasteiger partial charge in [-0.1, -0.05) is 33.3 Å². The molecule has 28 heavy (non-hydrogen) atoms.